The Morgan fingerprint density at radius 1 is 0.941 bits per heavy atom. The van der Waals surface area contributed by atoms with Crippen molar-refractivity contribution in [2.24, 2.45) is 11.8 Å². The van der Waals surface area contributed by atoms with Crippen molar-refractivity contribution in [3.05, 3.63) is 0 Å². The topological polar surface area (TPSA) is 12.0 Å². The zero-order valence-corrected chi connectivity index (χ0v) is 12.1. The summed E-state index contributed by atoms with van der Waals surface area (Å²) >= 11 is 0. The number of nitrogens with one attached hydrogen (secondary N) is 1. The lowest BCUT2D eigenvalue weighted by atomic mass is 9.89. The van der Waals surface area contributed by atoms with E-state index in [2.05, 4.69) is 19.2 Å². The fraction of sp³-hybridized carbons (Fsp3) is 1.00. The van der Waals surface area contributed by atoms with Gasteiger partial charge in [-0.1, -0.05) is 58.8 Å². The van der Waals surface area contributed by atoms with E-state index in [1.54, 1.807) is 0 Å². The van der Waals surface area contributed by atoms with Crippen molar-refractivity contribution in [3.8, 4) is 0 Å². The predicted molar refractivity (Wildman–Crippen MR) is 77.4 cm³/mol. The molecule has 0 unspecified atom stereocenters. The molecule has 0 saturated heterocycles. The van der Waals surface area contributed by atoms with Gasteiger partial charge in [0.2, 0.25) is 0 Å². The predicted octanol–water partition coefficient (Wildman–Crippen LogP) is 4.76. The maximum absolute atomic E-state index is 3.65. The molecule has 102 valence electrons. The molecule has 0 bridgehead atoms. The molecule has 17 heavy (non-hydrogen) atoms. The Balaban J connectivity index is 1.78. The van der Waals surface area contributed by atoms with Crippen LogP contribution in [-0.2, 0) is 0 Å². The number of rotatable bonds is 9. The summed E-state index contributed by atoms with van der Waals surface area (Å²) in [6.45, 7) is 7.18. The fourth-order valence-corrected chi connectivity index (χ4v) is 2.85. The van der Waals surface area contributed by atoms with E-state index in [-0.39, 0.29) is 0 Å². The third kappa shape index (κ3) is 8.65. The van der Waals surface area contributed by atoms with Crippen LogP contribution < -0.4 is 5.32 Å². The van der Waals surface area contributed by atoms with Crippen molar-refractivity contribution in [1.82, 2.24) is 5.32 Å². The summed E-state index contributed by atoms with van der Waals surface area (Å²) in [5, 5.41) is 3.65. The summed E-state index contributed by atoms with van der Waals surface area (Å²) in [7, 11) is 0. The molecular formula is C16H33N. The van der Waals surface area contributed by atoms with Gasteiger partial charge in [0, 0.05) is 0 Å². The Kier molecular flexibility index (Phi) is 8.78. The first-order valence-electron chi connectivity index (χ1n) is 7.99. The van der Waals surface area contributed by atoms with Crippen LogP contribution in [0, 0.1) is 11.8 Å². The second-order valence-corrected chi connectivity index (χ2v) is 6.30. The highest BCUT2D eigenvalue weighted by atomic mass is 14.9. The highest BCUT2D eigenvalue weighted by molar-refractivity contribution is 4.67. The maximum atomic E-state index is 3.65. The van der Waals surface area contributed by atoms with Gasteiger partial charge in [-0.05, 0) is 44.2 Å². The van der Waals surface area contributed by atoms with Crippen molar-refractivity contribution in [1.29, 1.82) is 0 Å². The quantitative estimate of drug-likeness (QED) is 0.572. The van der Waals surface area contributed by atoms with Crippen molar-refractivity contribution in [2.75, 3.05) is 13.1 Å². The Bertz CT molecular complexity index is 159. The SMILES string of the molecule is CC(C)CCCCCCNCC1CCCCC1. The average molecular weight is 239 g/mol. The molecule has 1 fully saturated rings. The van der Waals surface area contributed by atoms with Gasteiger partial charge < -0.3 is 5.32 Å². The molecule has 0 amide bonds. The molecule has 1 aliphatic carbocycles. The Labute approximate surface area is 109 Å². The van der Waals surface area contributed by atoms with E-state index in [0.717, 1.165) is 11.8 Å². The van der Waals surface area contributed by atoms with Gasteiger partial charge >= 0.3 is 0 Å². The molecule has 1 nitrogen and oxygen atoms in total. The molecule has 0 aromatic heterocycles. The zero-order chi connectivity index (χ0) is 12.3. The lowest BCUT2D eigenvalue weighted by Crippen LogP contribution is -2.25. The van der Waals surface area contributed by atoms with Gasteiger partial charge in [0.1, 0.15) is 0 Å². The molecule has 0 aliphatic heterocycles. The summed E-state index contributed by atoms with van der Waals surface area (Å²) in [6, 6.07) is 0. The maximum Gasteiger partial charge on any atom is -0.00205 e. The highest BCUT2D eigenvalue weighted by Crippen LogP contribution is 2.22. The molecular weight excluding hydrogens is 206 g/mol. The number of hydrogen-bond acceptors (Lipinski definition) is 1. The van der Waals surface area contributed by atoms with E-state index in [4.69, 9.17) is 0 Å². The van der Waals surface area contributed by atoms with Gasteiger partial charge in [-0.3, -0.25) is 0 Å². The molecule has 0 spiro atoms. The van der Waals surface area contributed by atoms with E-state index in [1.807, 2.05) is 0 Å². The second kappa shape index (κ2) is 9.94. The van der Waals surface area contributed by atoms with Gasteiger partial charge in [-0.25, -0.2) is 0 Å². The molecule has 0 atom stereocenters. The summed E-state index contributed by atoms with van der Waals surface area (Å²) in [5.41, 5.74) is 0. The van der Waals surface area contributed by atoms with Crippen molar-refractivity contribution >= 4 is 0 Å². The largest absolute Gasteiger partial charge is 0.316 e. The van der Waals surface area contributed by atoms with Crippen molar-refractivity contribution < 1.29 is 0 Å². The molecule has 1 saturated carbocycles. The van der Waals surface area contributed by atoms with E-state index in [0.29, 0.717) is 0 Å². The summed E-state index contributed by atoms with van der Waals surface area (Å²) in [6.07, 6.45) is 14.5. The van der Waals surface area contributed by atoms with Crippen LogP contribution in [-0.4, -0.2) is 13.1 Å². The van der Waals surface area contributed by atoms with Gasteiger partial charge in [0.25, 0.3) is 0 Å². The first-order chi connectivity index (χ1) is 8.29. The minimum atomic E-state index is 0.888. The van der Waals surface area contributed by atoms with Crippen LogP contribution in [0.3, 0.4) is 0 Å². The first-order valence-corrected chi connectivity index (χ1v) is 7.99. The summed E-state index contributed by atoms with van der Waals surface area (Å²) in [5.74, 6) is 1.88. The molecule has 1 heteroatoms. The summed E-state index contributed by atoms with van der Waals surface area (Å²) in [4.78, 5) is 0. The highest BCUT2D eigenvalue weighted by Gasteiger charge is 2.11. The average Bonchev–Trinajstić information content (AvgIpc) is 2.33. The van der Waals surface area contributed by atoms with Crippen LogP contribution in [0.25, 0.3) is 0 Å². The number of unbranched alkanes of at least 4 members (excludes halogenated alkanes) is 3. The van der Waals surface area contributed by atoms with Crippen LogP contribution in [0.4, 0.5) is 0 Å². The first kappa shape index (κ1) is 15.0. The Hall–Kier alpha value is -0.0400. The van der Waals surface area contributed by atoms with Gasteiger partial charge in [0.15, 0.2) is 0 Å². The molecule has 0 radical (unpaired) electrons. The lowest BCUT2D eigenvalue weighted by Gasteiger charge is -2.21. The standard InChI is InChI=1S/C16H33N/c1-15(2)10-6-3-4-9-13-17-14-16-11-7-5-8-12-16/h15-17H,3-14H2,1-2H3. The zero-order valence-electron chi connectivity index (χ0n) is 12.1. The van der Waals surface area contributed by atoms with Crippen molar-refractivity contribution in [3.63, 3.8) is 0 Å². The number of hydrogen-bond donors (Lipinski definition) is 1. The van der Waals surface area contributed by atoms with Crippen molar-refractivity contribution in [2.45, 2.75) is 78.1 Å². The fourth-order valence-electron chi connectivity index (χ4n) is 2.85. The third-order valence-corrected chi connectivity index (χ3v) is 4.04. The van der Waals surface area contributed by atoms with Crippen LogP contribution in [0.2, 0.25) is 0 Å². The molecule has 1 N–H and O–H groups in total. The molecule has 0 aromatic carbocycles. The molecule has 0 aromatic rings. The minimum absolute atomic E-state index is 0.888. The molecule has 1 rings (SSSR count). The normalized spacial score (nSPS) is 17.8. The Morgan fingerprint density at radius 2 is 1.65 bits per heavy atom. The third-order valence-electron chi connectivity index (χ3n) is 4.04. The van der Waals surface area contributed by atoms with E-state index in [9.17, 15) is 0 Å². The van der Waals surface area contributed by atoms with Crippen LogP contribution in [0.5, 0.6) is 0 Å². The lowest BCUT2D eigenvalue weighted by molar-refractivity contribution is 0.341. The van der Waals surface area contributed by atoms with Gasteiger partial charge in [0.05, 0.1) is 0 Å². The van der Waals surface area contributed by atoms with Crippen LogP contribution in [0.15, 0.2) is 0 Å². The van der Waals surface area contributed by atoms with Crippen LogP contribution >= 0.6 is 0 Å². The van der Waals surface area contributed by atoms with E-state index < -0.39 is 0 Å². The smallest absolute Gasteiger partial charge is 0.00205 e. The van der Waals surface area contributed by atoms with Crippen LogP contribution in [0.1, 0.15) is 78.1 Å². The summed E-state index contributed by atoms with van der Waals surface area (Å²) < 4.78 is 0. The van der Waals surface area contributed by atoms with Gasteiger partial charge in [-0.2, -0.15) is 0 Å². The monoisotopic (exact) mass is 239 g/mol. The molecule has 1 aliphatic rings. The minimum Gasteiger partial charge on any atom is -0.316 e. The Morgan fingerprint density at radius 3 is 2.35 bits per heavy atom. The second-order valence-electron chi connectivity index (χ2n) is 6.30. The molecule has 0 heterocycles. The van der Waals surface area contributed by atoms with E-state index in [1.165, 1.54) is 77.3 Å². The van der Waals surface area contributed by atoms with Gasteiger partial charge in [-0.15, -0.1) is 0 Å². The van der Waals surface area contributed by atoms with E-state index >= 15 is 0 Å².